The van der Waals surface area contributed by atoms with Gasteiger partial charge in [0.2, 0.25) is 0 Å². The lowest BCUT2D eigenvalue weighted by Gasteiger charge is -2.00. The molecule has 0 bridgehead atoms. The number of aromatic amines is 1. The van der Waals surface area contributed by atoms with Crippen molar-refractivity contribution < 1.29 is 0 Å². The van der Waals surface area contributed by atoms with Crippen LogP contribution in [0.1, 0.15) is 11.4 Å². The van der Waals surface area contributed by atoms with Crippen molar-refractivity contribution in [3.63, 3.8) is 0 Å². The first-order valence-electron chi connectivity index (χ1n) is 5.52. The monoisotopic (exact) mass is 227 g/mol. The van der Waals surface area contributed by atoms with Crippen LogP contribution in [0.2, 0.25) is 0 Å². The predicted octanol–water partition coefficient (Wildman–Crippen LogP) is 1.50. The predicted molar refractivity (Wildman–Crippen MR) is 63.5 cm³/mol. The van der Waals surface area contributed by atoms with Crippen molar-refractivity contribution in [2.45, 2.75) is 13.1 Å². The van der Waals surface area contributed by atoms with Crippen molar-refractivity contribution in [2.24, 2.45) is 0 Å². The maximum absolute atomic E-state index is 4.18. The topological polar surface area (TPSA) is 51.4 Å². The molecule has 3 heterocycles. The minimum absolute atomic E-state index is 0.770. The van der Waals surface area contributed by atoms with Crippen molar-refractivity contribution in [1.29, 1.82) is 0 Å². The van der Waals surface area contributed by atoms with Gasteiger partial charge in [-0.1, -0.05) is 0 Å². The van der Waals surface area contributed by atoms with E-state index in [-0.39, 0.29) is 0 Å². The van der Waals surface area contributed by atoms with E-state index in [2.05, 4.69) is 27.3 Å². The first-order valence-corrected chi connectivity index (χ1v) is 5.52. The van der Waals surface area contributed by atoms with E-state index in [1.54, 1.807) is 12.4 Å². The van der Waals surface area contributed by atoms with Gasteiger partial charge in [-0.15, -0.1) is 0 Å². The van der Waals surface area contributed by atoms with Crippen molar-refractivity contribution in [1.82, 2.24) is 24.5 Å². The number of rotatable bonds is 4. The standard InChI is InChI=1S/C12H13N5/c1-5-13-16(7-1)9-11-3-4-12(15-11)10-17-8-2-6-14-17/h1-8,15H,9-10H2. The summed E-state index contributed by atoms with van der Waals surface area (Å²) in [5.74, 6) is 0. The fourth-order valence-corrected chi connectivity index (χ4v) is 1.81. The third-order valence-corrected chi connectivity index (χ3v) is 2.59. The molecule has 0 aliphatic heterocycles. The fraction of sp³-hybridized carbons (Fsp3) is 0.167. The van der Waals surface area contributed by atoms with Crippen molar-refractivity contribution in [3.05, 3.63) is 60.4 Å². The molecule has 5 heteroatoms. The summed E-state index contributed by atoms with van der Waals surface area (Å²) in [4.78, 5) is 3.37. The molecule has 0 radical (unpaired) electrons. The highest BCUT2D eigenvalue weighted by molar-refractivity contribution is 5.13. The quantitative estimate of drug-likeness (QED) is 0.734. The number of aromatic nitrogens is 5. The Morgan fingerprint density at radius 1 is 0.882 bits per heavy atom. The van der Waals surface area contributed by atoms with E-state index >= 15 is 0 Å². The normalized spacial score (nSPS) is 10.8. The van der Waals surface area contributed by atoms with Gasteiger partial charge in [0, 0.05) is 36.2 Å². The molecule has 3 aromatic rings. The van der Waals surface area contributed by atoms with Gasteiger partial charge in [-0.2, -0.15) is 10.2 Å². The number of hydrogen-bond acceptors (Lipinski definition) is 2. The molecule has 0 saturated heterocycles. The lowest BCUT2D eigenvalue weighted by molar-refractivity contribution is 0.656. The molecule has 0 aliphatic carbocycles. The zero-order valence-corrected chi connectivity index (χ0v) is 9.32. The Kier molecular flexibility index (Phi) is 2.50. The van der Waals surface area contributed by atoms with E-state index in [0.29, 0.717) is 0 Å². The Labute approximate surface area is 98.7 Å². The highest BCUT2D eigenvalue weighted by atomic mass is 15.3. The van der Waals surface area contributed by atoms with Crippen LogP contribution in [-0.4, -0.2) is 24.5 Å². The Balaban J connectivity index is 1.70. The van der Waals surface area contributed by atoms with Crippen LogP contribution in [0.4, 0.5) is 0 Å². The summed E-state index contributed by atoms with van der Waals surface area (Å²) in [6.07, 6.45) is 7.48. The lowest BCUT2D eigenvalue weighted by atomic mass is 10.4. The van der Waals surface area contributed by atoms with E-state index in [1.807, 2.05) is 33.9 Å². The van der Waals surface area contributed by atoms with E-state index < -0.39 is 0 Å². The first-order chi connectivity index (χ1) is 8.40. The minimum Gasteiger partial charge on any atom is -0.359 e. The third kappa shape index (κ3) is 2.28. The Morgan fingerprint density at radius 3 is 1.82 bits per heavy atom. The second-order valence-electron chi connectivity index (χ2n) is 3.92. The van der Waals surface area contributed by atoms with Gasteiger partial charge in [-0.3, -0.25) is 9.36 Å². The molecular formula is C12H13N5. The average Bonchev–Trinajstić information content (AvgIpc) is 3.02. The zero-order valence-electron chi connectivity index (χ0n) is 9.32. The second-order valence-corrected chi connectivity index (χ2v) is 3.92. The smallest absolute Gasteiger partial charge is 0.0809 e. The number of nitrogens with one attached hydrogen (secondary N) is 1. The van der Waals surface area contributed by atoms with Gasteiger partial charge in [-0.25, -0.2) is 0 Å². The molecule has 0 aromatic carbocycles. The van der Waals surface area contributed by atoms with Gasteiger partial charge in [0.25, 0.3) is 0 Å². The largest absolute Gasteiger partial charge is 0.359 e. The summed E-state index contributed by atoms with van der Waals surface area (Å²) in [7, 11) is 0. The van der Waals surface area contributed by atoms with Crippen LogP contribution in [0.25, 0.3) is 0 Å². The molecule has 0 fully saturated rings. The summed E-state index contributed by atoms with van der Waals surface area (Å²) in [6.45, 7) is 1.54. The van der Waals surface area contributed by atoms with Crippen LogP contribution in [-0.2, 0) is 13.1 Å². The van der Waals surface area contributed by atoms with E-state index in [9.17, 15) is 0 Å². The SMILES string of the molecule is c1cnn(Cc2ccc(Cn3cccn3)[nH]2)c1. The van der Waals surface area contributed by atoms with Crippen LogP contribution >= 0.6 is 0 Å². The van der Waals surface area contributed by atoms with Crippen molar-refractivity contribution >= 4 is 0 Å². The van der Waals surface area contributed by atoms with E-state index in [4.69, 9.17) is 0 Å². The molecule has 86 valence electrons. The molecular weight excluding hydrogens is 214 g/mol. The van der Waals surface area contributed by atoms with Gasteiger partial charge < -0.3 is 4.98 Å². The Hall–Kier alpha value is -2.30. The van der Waals surface area contributed by atoms with Gasteiger partial charge in [-0.05, 0) is 24.3 Å². The molecule has 3 aromatic heterocycles. The number of H-pyrrole nitrogens is 1. The van der Waals surface area contributed by atoms with Crippen LogP contribution < -0.4 is 0 Å². The molecule has 0 unspecified atom stereocenters. The summed E-state index contributed by atoms with van der Waals surface area (Å²) >= 11 is 0. The fourth-order valence-electron chi connectivity index (χ4n) is 1.81. The molecule has 0 aliphatic rings. The minimum atomic E-state index is 0.770. The van der Waals surface area contributed by atoms with E-state index in [0.717, 1.165) is 24.5 Å². The summed E-state index contributed by atoms with van der Waals surface area (Å²) in [5.41, 5.74) is 2.30. The van der Waals surface area contributed by atoms with Crippen LogP contribution in [0, 0.1) is 0 Å². The number of nitrogens with zero attached hydrogens (tertiary/aromatic N) is 4. The Bertz CT molecular complexity index is 511. The molecule has 0 saturated carbocycles. The van der Waals surface area contributed by atoms with Gasteiger partial charge >= 0.3 is 0 Å². The highest BCUT2D eigenvalue weighted by Gasteiger charge is 2.01. The molecule has 5 nitrogen and oxygen atoms in total. The maximum Gasteiger partial charge on any atom is 0.0809 e. The second kappa shape index (κ2) is 4.29. The molecule has 0 atom stereocenters. The molecule has 1 N–H and O–H groups in total. The average molecular weight is 227 g/mol. The third-order valence-electron chi connectivity index (χ3n) is 2.59. The maximum atomic E-state index is 4.18. The molecule has 3 rings (SSSR count). The van der Waals surface area contributed by atoms with Crippen LogP contribution in [0.5, 0.6) is 0 Å². The molecule has 0 spiro atoms. The molecule has 17 heavy (non-hydrogen) atoms. The van der Waals surface area contributed by atoms with E-state index in [1.165, 1.54) is 0 Å². The van der Waals surface area contributed by atoms with Crippen LogP contribution in [0.15, 0.2) is 49.1 Å². The summed E-state index contributed by atoms with van der Waals surface area (Å²) in [5, 5.41) is 8.35. The Morgan fingerprint density at radius 2 is 1.41 bits per heavy atom. The zero-order chi connectivity index (χ0) is 11.5. The van der Waals surface area contributed by atoms with Gasteiger partial charge in [0.05, 0.1) is 13.1 Å². The molecule has 0 amide bonds. The van der Waals surface area contributed by atoms with Gasteiger partial charge in [0.15, 0.2) is 0 Å². The first kappa shape index (κ1) is 9.89. The highest BCUT2D eigenvalue weighted by Crippen LogP contribution is 2.05. The van der Waals surface area contributed by atoms with Gasteiger partial charge in [0.1, 0.15) is 0 Å². The summed E-state index contributed by atoms with van der Waals surface area (Å²) in [6, 6.07) is 8.02. The number of hydrogen-bond donors (Lipinski definition) is 1. The van der Waals surface area contributed by atoms with Crippen LogP contribution in [0.3, 0.4) is 0 Å². The van der Waals surface area contributed by atoms with Crippen molar-refractivity contribution in [2.75, 3.05) is 0 Å². The summed E-state index contributed by atoms with van der Waals surface area (Å²) < 4.78 is 3.78. The van der Waals surface area contributed by atoms with Crippen molar-refractivity contribution in [3.8, 4) is 0 Å². The lowest BCUT2D eigenvalue weighted by Crippen LogP contribution is -2.02.